The first kappa shape index (κ1) is 25.2. The summed E-state index contributed by atoms with van der Waals surface area (Å²) in [6, 6.07) is 4.94. The number of rotatable bonds is 5. The van der Waals surface area contributed by atoms with Gasteiger partial charge >= 0.3 is 5.97 Å². The third-order valence-electron chi connectivity index (χ3n) is 5.37. The van der Waals surface area contributed by atoms with E-state index in [0.717, 1.165) is 12.8 Å². The fourth-order valence-corrected chi connectivity index (χ4v) is 3.37. The number of fused-ring (bicyclic) bond motifs is 1. The number of ether oxygens (including phenoxy) is 1. The summed E-state index contributed by atoms with van der Waals surface area (Å²) in [5.74, 6) is 4.19. The number of phenolic OH excluding ortho intramolecular Hbond substituents is 1. The average Bonchev–Trinajstić information content (AvgIpc) is 2.76. The maximum absolute atomic E-state index is 12.9. The topological polar surface area (TPSA) is 95.9 Å². The van der Waals surface area contributed by atoms with E-state index >= 15 is 0 Å². The molecule has 1 aliphatic rings. The fourth-order valence-electron chi connectivity index (χ4n) is 3.37. The van der Waals surface area contributed by atoms with Crippen LogP contribution in [0.3, 0.4) is 0 Å². The molecule has 3 N–H and O–H groups in total. The number of amides is 1. The molecule has 0 fully saturated rings. The van der Waals surface area contributed by atoms with Crippen LogP contribution in [-0.2, 0) is 16.0 Å². The summed E-state index contributed by atoms with van der Waals surface area (Å²) >= 11 is 0. The number of benzene rings is 1. The van der Waals surface area contributed by atoms with Crippen molar-refractivity contribution in [3.8, 4) is 17.6 Å². The number of allylic oxidation sites excluding steroid dienone is 2. The zero-order valence-electron chi connectivity index (χ0n) is 18.8. The lowest BCUT2D eigenvalue weighted by Gasteiger charge is -2.24. The van der Waals surface area contributed by atoms with Gasteiger partial charge in [-0.2, -0.15) is 0 Å². The van der Waals surface area contributed by atoms with Gasteiger partial charge in [-0.25, -0.2) is 4.79 Å². The molecule has 1 heterocycles. The molecule has 1 aromatic carbocycles. The highest BCUT2D eigenvalue weighted by atomic mass is 16.5. The van der Waals surface area contributed by atoms with Gasteiger partial charge < -0.3 is 20.3 Å². The number of carbonyl (C=O) groups excluding carboxylic acids is 2. The van der Waals surface area contributed by atoms with Crippen LogP contribution in [-0.4, -0.2) is 34.3 Å². The molecular weight excluding hydrogens is 406 g/mol. The predicted octanol–water partition coefficient (Wildman–Crippen LogP) is 4.02. The van der Waals surface area contributed by atoms with E-state index in [2.05, 4.69) is 24.1 Å². The monoisotopic (exact) mass is 439 g/mol. The SMILES string of the molecule is CCCCC#CC(=O)NC=CC[C@H]1C[C@@H](O)[C@@H](C)CC=CCc2cccc(O)c2C(=O)O1. The van der Waals surface area contributed by atoms with E-state index in [0.29, 0.717) is 31.2 Å². The second kappa shape index (κ2) is 13.4. The molecule has 0 spiro atoms. The largest absolute Gasteiger partial charge is 0.507 e. The predicted molar refractivity (Wildman–Crippen MR) is 124 cm³/mol. The van der Waals surface area contributed by atoms with Crippen LogP contribution in [0.4, 0.5) is 0 Å². The highest BCUT2D eigenvalue weighted by Crippen LogP contribution is 2.26. The first-order valence-electron chi connectivity index (χ1n) is 11.2. The molecule has 32 heavy (non-hydrogen) atoms. The van der Waals surface area contributed by atoms with E-state index in [-0.39, 0.29) is 23.7 Å². The Kier molecular flexibility index (Phi) is 10.6. The van der Waals surface area contributed by atoms with E-state index in [1.165, 1.54) is 12.3 Å². The van der Waals surface area contributed by atoms with E-state index in [9.17, 15) is 19.8 Å². The molecule has 3 atom stereocenters. The smallest absolute Gasteiger partial charge is 0.342 e. The van der Waals surface area contributed by atoms with Gasteiger partial charge in [-0.3, -0.25) is 4.79 Å². The molecule has 0 radical (unpaired) electrons. The molecule has 0 aromatic heterocycles. The summed E-state index contributed by atoms with van der Waals surface area (Å²) in [4.78, 5) is 24.6. The van der Waals surface area contributed by atoms with E-state index in [1.807, 2.05) is 19.1 Å². The van der Waals surface area contributed by atoms with Gasteiger partial charge in [-0.1, -0.05) is 56.5 Å². The molecule has 0 saturated heterocycles. The van der Waals surface area contributed by atoms with Gasteiger partial charge in [-0.15, -0.1) is 0 Å². The van der Waals surface area contributed by atoms with Crippen LogP contribution in [0.15, 0.2) is 42.6 Å². The Morgan fingerprint density at radius 1 is 1.34 bits per heavy atom. The standard InChI is InChI=1S/C26H33NO5/c1-3-4-5-6-16-24(30)27-17-10-14-21-18-23(29)19(2)11-7-8-12-20-13-9-15-22(28)25(20)26(31)32-21/h7-10,13,15,17,19,21,23,28-29H,3-5,11-12,14,18H2,1-2H3,(H,27,30)/t19-,21-,23+/m0/s1. The summed E-state index contributed by atoms with van der Waals surface area (Å²) in [6.45, 7) is 4.01. The highest BCUT2D eigenvalue weighted by molar-refractivity contribution is 5.94. The maximum atomic E-state index is 12.9. The summed E-state index contributed by atoms with van der Waals surface area (Å²) in [7, 11) is 0. The number of phenols is 1. The van der Waals surface area contributed by atoms with Crippen molar-refractivity contribution in [2.45, 2.75) is 71.0 Å². The van der Waals surface area contributed by atoms with Crippen LogP contribution >= 0.6 is 0 Å². The molecule has 0 unspecified atom stereocenters. The van der Waals surface area contributed by atoms with E-state index < -0.39 is 24.1 Å². The quantitative estimate of drug-likeness (QED) is 0.279. The first-order valence-corrected chi connectivity index (χ1v) is 11.2. The van der Waals surface area contributed by atoms with Crippen molar-refractivity contribution >= 4 is 11.9 Å². The molecule has 1 amide bonds. The number of carbonyl (C=O) groups is 2. The Hall–Kier alpha value is -3.04. The average molecular weight is 440 g/mol. The summed E-state index contributed by atoms with van der Waals surface area (Å²) < 4.78 is 5.67. The number of cyclic esters (lactones) is 1. The lowest BCUT2D eigenvalue weighted by Crippen LogP contribution is -2.28. The van der Waals surface area contributed by atoms with Gasteiger partial charge in [0.2, 0.25) is 0 Å². The number of aliphatic hydroxyl groups is 1. The molecule has 1 aliphatic heterocycles. The maximum Gasteiger partial charge on any atom is 0.342 e. The molecule has 0 saturated carbocycles. The Morgan fingerprint density at radius 2 is 2.16 bits per heavy atom. The minimum absolute atomic E-state index is 0.00222. The van der Waals surface area contributed by atoms with Crippen molar-refractivity contribution in [1.82, 2.24) is 5.32 Å². The number of unbranched alkanes of at least 4 members (excludes halogenated alkanes) is 2. The summed E-state index contributed by atoms with van der Waals surface area (Å²) in [5, 5.41) is 23.4. The number of hydrogen-bond donors (Lipinski definition) is 3. The molecule has 0 aliphatic carbocycles. The van der Waals surface area contributed by atoms with Crippen LogP contribution in [0.25, 0.3) is 0 Å². The zero-order valence-corrected chi connectivity index (χ0v) is 18.8. The second-order valence-electron chi connectivity index (χ2n) is 8.05. The summed E-state index contributed by atoms with van der Waals surface area (Å²) in [5.41, 5.74) is 0.827. The normalized spacial score (nSPS) is 21.5. The van der Waals surface area contributed by atoms with Gasteiger partial charge in [0.05, 0.1) is 6.10 Å². The molecule has 6 nitrogen and oxygen atoms in total. The molecule has 6 heteroatoms. The molecule has 2 rings (SSSR count). The van der Waals surface area contributed by atoms with Crippen LogP contribution in [0, 0.1) is 17.8 Å². The minimum atomic E-state index is -0.659. The number of hydrogen-bond acceptors (Lipinski definition) is 5. The lowest BCUT2D eigenvalue weighted by atomic mass is 9.93. The molecular formula is C26H33NO5. The third-order valence-corrected chi connectivity index (χ3v) is 5.37. The van der Waals surface area contributed by atoms with Gasteiger partial charge in [-0.05, 0) is 42.7 Å². The van der Waals surface area contributed by atoms with Gasteiger partial charge in [0, 0.05) is 25.5 Å². The molecule has 0 bridgehead atoms. The Bertz CT molecular complexity index is 893. The van der Waals surface area contributed by atoms with Crippen molar-refractivity contribution in [3.63, 3.8) is 0 Å². The van der Waals surface area contributed by atoms with Crippen LogP contribution in [0.5, 0.6) is 5.75 Å². The first-order chi connectivity index (χ1) is 15.4. The third kappa shape index (κ3) is 8.24. The van der Waals surface area contributed by atoms with Crippen molar-refractivity contribution in [2.75, 3.05) is 0 Å². The summed E-state index contributed by atoms with van der Waals surface area (Å²) in [6.07, 6.45) is 10.2. The van der Waals surface area contributed by atoms with Crippen LogP contribution in [0.1, 0.15) is 68.3 Å². The Balaban J connectivity index is 2.10. The van der Waals surface area contributed by atoms with Crippen molar-refractivity contribution in [2.24, 2.45) is 5.92 Å². The van der Waals surface area contributed by atoms with Crippen LogP contribution < -0.4 is 5.32 Å². The fraction of sp³-hybridized carbons (Fsp3) is 0.462. The number of nitrogens with one attached hydrogen (secondary N) is 1. The van der Waals surface area contributed by atoms with Crippen molar-refractivity contribution in [3.05, 3.63) is 53.8 Å². The van der Waals surface area contributed by atoms with Gasteiger partial charge in [0.25, 0.3) is 5.91 Å². The second-order valence-corrected chi connectivity index (χ2v) is 8.05. The van der Waals surface area contributed by atoms with E-state index in [1.54, 1.807) is 18.2 Å². The van der Waals surface area contributed by atoms with Gasteiger partial charge in [0.1, 0.15) is 17.4 Å². The number of esters is 1. The van der Waals surface area contributed by atoms with Crippen LogP contribution in [0.2, 0.25) is 0 Å². The van der Waals surface area contributed by atoms with Gasteiger partial charge in [0.15, 0.2) is 0 Å². The number of aliphatic hydroxyl groups excluding tert-OH is 1. The molecule has 172 valence electrons. The minimum Gasteiger partial charge on any atom is -0.507 e. The molecule has 1 aromatic rings. The van der Waals surface area contributed by atoms with Crippen molar-refractivity contribution < 1.29 is 24.5 Å². The highest BCUT2D eigenvalue weighted by Gasteiger charge is 2.25. The number of aromatic hydroxyl groups is 1. The Morgan fingerprint density at radius 3 is 2.94 bits per heavy atom. The van der Waals surface area contributed by atoms with Crippen molar-refractivity contribution in [1.29, 1.82) is 0 Å². The van der Waals surface area contributed by atoms with E-state index in [4.69, 9.17) is 4.74 Å². The Labute approximate surface area is 190 Å². The zero-order chi connectivity index (χ0) is 23.3. The lowest BCUT2D eigenvalue weighted by molar-refractivity contribution is -0.114.